The number of aromatic nitrogens is 2. The van der Waals surface area contributed by atoms with Crippen molar-refractivity contribution in [2.75, 3.05) is 13.1 Å². The van der Waals surface area contributed by atoms with Crippen molar-refractivity contribution in [3.8, 4) is 0 Å². The van der Waals surface area contributed by atoms with Gasteiger partial charge in [-0.3, -0.25) is 0 Å². The summed E-state index contributed by atoms with van der Waals surface area (Å²) in [7, 11) is 0. The number of nitrogens with zero attached hydrogens (tertiary/aromatic N) is 3. The molecule has 0 bridgehead atoms. The Morgan fingerprint density at radius 1 is 1.23 bits per heavy atom. The van der Waals surface area contributed by atoms with Gasteiger partial charge < -0.3 is 15.0 Å². The van der Waals surface area contributed by atoms with E-state index in [1.165, 1.54) is 6.07 Å². The van der Waals surface area contributed by atoms with Crippen molar-refractivity contribution < 1.29 is 4.39 Å². The van der Waals surface area contributed by atoms with Gasteiger partial charge in [-0.1, -0.05) is 12.1 Å². The molecule has 0 unspecified atom stereocenters. The molecule has 0 radical (unpaired) electrons. The maximum Gasteiger partial charge on any atom is 0.191 e. The minimum absolute atomic E-state index is 0.207. The molecular weight excluding hydrogens is 397 g/mol. The van der Waals surface area contributed by atoms with Crippen molar-refractivity contribution in [2.24, 2.45) is 4.99 Å². The zero-order valence-corrected chi connectivity index (χ0v) is 16.1. The van der Waals surface area contributed by atoms with Crippen molar-refractivity contribution in [1.29, 1.82) is 0 Å². The molecule has 5 nitrogen and oxygen atoms in total. The van der Waals surface area contributed by atoms with E-state index in [0.29, 0.717) is 13.1 Å². The van der Waals surface area contributed by atoms with Gasteiger partial charge in [-0.25, -0.2) is 14.4 Å². The van der Waals surface area contributed by atoms with E-state index in [1.807, 2.05) is 41.9 Å². The molecule has 1 aromatic carbocycles. The summed E-state index contributed by atoms with van der Waals surface area (Å²) in [5.74, 6) is 0.517. The number of fused-ring (bicyclic) bond motifs is 1. The van der Waals surface area contributed by atoms with Gasteiger partial charge in [-0.15, -0.1) is 0 Å². The number of guanidine groups is 1. The number of benzene rings is 1. The molecule has 3 rings (SSSR count). The van der Waals surface area contributed by atoms with Crippen LogP contribution >= 0.6 is 15.9 Å². The number of nitrogens with one attached hydrogen (secondary N) is 2. The Kier molecular flexibility index (Phi) is 6.22. The summed E-state index contributed by atoms with van der Waals surface area (Å²) < 4.78 is 16.2. The number of halogens is 2. The molecule has 0 atom stereocenters. The lowest BCUT2D eigenvalue weighted by molar-refractivity contribution is 0.625. The first-order chi connectivity index (χ1) is 12.6. The fourth-order valence-electron chi connectivity index (χ4n) is 2.61. The smallest absolute Gasteiger partial charge is 0.191 e. The van der Waals surface area contributed by atoms with Crippen molar-refractivity contribution in [2.45, 2.75) is 19.9 Å². The summed E-state index contributed by atoms with van der Waals surface area (Å²) in [4.78, 5) is 9.14. The summed E-state index contributed by atoms with van der Waals surface area (Å²) in [6.07, 6.45) is 4.67. The Morgan fingerprint density at radius 3 is 2.92 bits per heavy atom. The van der Waals surface area contributed by atoms with Gasteiger partial charge in [0.05, 0.1) is 12.2 Å². The van der Waals surface area contributed by atoms with Gasteiger partial charge in [0.2, 0.25) is 0 Å². The Morgan fingerprint density at radius 2 is 2.12 bits per heavy atom. The molecule has 26 heavy (non-hydrogen) atoms. The molecule has 2 N–H and O–H groups in total. The molecule has 136 valence electrons. The highest BCUT2D eigenvalue weighted by Gasteiger charge is 2.03. The van der Waals surface area contributed by atoms with E-state index in [-0.39, 0.29) is 5.82 Å². The molecular formula is C19H21BrFN5. The summed E-state index contributed by atoms with van der Waals surface area (Å²) >= 11 is 3.46. The second-order valence-electron chi connectivity index (χ2n) is 5.85. The van der Waals surface area contributed by atoms with Gasteiger partial charge in [0.15, 0.2) is 5.96 Å². The van der Waals surface area contributed by atoms with E-state index in [1.54, 1.807) is 12.1 Å². The fraction of sp³-hybridized carbons (Fsp3) is 0.263. The SMILES string of the molecule is CCNC(=NCc1cn2cc(Br)ccc2n1)NCCc1cccc(F)c1. The number of hydrogen-bond donors (Lipinski definition) is 2. The Labute approximate surface area is 160 Å². The van der Waals surface area contributed by atoms with Crippen molar-refractivity contribution in [3.63, 3.8) is 0 Å². The van der Waals surface area contributed by atoms with Crippen LogP contribution in [0.2, 0.25) is 0 Å². The largest absolute Gasteiger partial charge is 0.357 e. The number of aliphatic imine (C=N–C) groups is 1. The second-order valence-corrected chi connectivity index (χ2v) is 6.76. The molecule has 0 aliphatic rings. The average molecular weight is 418 g/mol. The van der Waals surface area contributed by atoms with Gasteiger partial charge in [-0.05, 0) is 59.1 Å². The van der Waals surface area contributed by atoms with Crippen LogP contribution in [0, 0.1) is 5.82 Å². The number of imidazole rings is 1. The summed E-state index contributed by atoms with van der Waals surface area (Å²) in [6.45, 7) is 3.94. The highest BCUT2D eigenvalue weighted by Crippen LogP contribution is 2.12. The van der Waals surface area contributed by atoms with E-state index in [2.05, 4.69) is 36.5 Å². The van der Waals surface area contributed by atoms with Crippen molar-refractivity contribution >= 4 is 27.5 Å². The third-order valence-electron chi connectivity index (χ3n) is 3.80. The van der Waals surface area contributed by atoms with Crippen LogP contribution in [-0.2, 0) is 13.0 Å². The first kappa shape index (κ1) is 18.4. The van der Waals surface area contributed by atoms with Crippen LogP contribution in [0.4, 0.5) is 4.39 Å². The Balaban J connectivity index is 1.60. The van der Waals surface area contributed by atoms with Gasteiger partial charge >= 0.3 is 0 Å². The zero-order valence-electron chi connectivity index (χ0n) is 14.5. The summed E-state index contributed by atoms with van der Waals surface area (Å²) in [5, 5.41) is 6.49. The van der Waals surface area contributed by atoms with E-state index in [4.69, 9.17) is 0 Å². The lowest BCUT2D eigenvalue weighted by atomic mass is 10.1. The van der Waals surface area contributed by atoms with Crippen molar-refractivity contribution in [3.05, 3.63) is 70.3 Å². The number of pyridine rings is 1. The maximum atomic E-state index is 13.2. The molecule has 0 spiro atoms. The predicted molar refractivity (Wildman–Crippen MR) is 106 cm³/mol. The zero-order chi connectivity index (χ0) is 18.4. The van der Waals surface area contributed by atoms with E-state index >= 15 is 0 Å². The first-order valence-electron chi connectivity index (χ1n) is 8.54. The molecule has 0 aliphatic heterocycles. The first-order valence-corrected chi connectivity index (χ1v) is 9.33. The highest BCUT2D eigenvalue weighted by atomic mass is 79.9. The van der Waals surface area contributed by atoms with Crippen LogP contribution in [0.3, 0.4) is 0 Å². The van der Waals surface area contributed by atoms with E-state index in [9.17, 15) is 4.39 Å². The third-order valence-corrected chi connectivity index (χ3v) is 4.27. The molecule has 2 heterocycles. The lowest BCUT2D eigenvalue weighted by Crippen LogP contribution is -2.38. The molecule has 0 saturated carbocycles. The quantitative estimate of drug-likeness (QED) is 0.476. The van der Waals surface area contributed by atoms with Crippen LogP contribution in [-0.4, -0.2) is 28.4 Å². The van der Waals surface area contributed by atoms with E-state index in [0.717, 1.165) is 40.3 Å². The molecule has 0 aliphatic carbocycles. The van der Waals surface area contributed by atoms with Crippen LogP contribution < -0.4 is 10.6 Å². The predicted octanol–water partition coefficient (Wildman–Crippen LogP) is 3.53. The molecule has 2 aromatic heterocycles. The van der Waals surface area contributed by atoms with Crippen molar-refractivity contribution in [1.82, 2.24) is 20.0 Å². The van der Waals surface area contributed by atoms with Crippen LogP contribution in [0.25, 0.3) is 5.65 Å². The minimum atomic E-state index is -0.207. The van der Waals surface area contributed by atoms with E-state index < -0.39 is 0 Å². The maximum absolute atomic E-state index is 13.2. The standard InChI is InChI=1S/C19H21BrFN5/c1-2-22-19(23-9-8-14-4-3-5-16(21)10-14)24-11-17-13-26-12-15(20)6-7-18(26)25-17/h3-7,10,12-13H,2,8-9,11H2,1H3,(H2,22,23,24). The molecule has 0 saturated heterocycles. The average Bonchev–Trinajstić information content (AvgIpc) is 3.01. The normalized spacial score (nSPS) is 11.7. The van der Waals surface area contributed by atoms with Gasteiger partial charge in [0.1, 0.15) is 11.5 Å². The third kappa shape index (κ3) is 5.05. The Bertz CT molecular complexity index is 906. The number of hydrogen-bond acceptors (Lipinski definition) is 2. The molecule has 0 amide bonds. The molecule has 7 heteroatoms. The van der Waals surface area contributed by atoms with Gasteiger partial charge in [0.25, 0.3) is 0 Å². The van der Waals surface area contributed by atoms with Crippen LogP contribution in [0.15, 0.2) is 58.3 Å². The lowest BCUT2D eigenvalue weighted by Gasteiger charge is -2.11. The summed E-state index contributed by atoms with van der Waals surface area (Å²) in [6, 6.07) is 10.6. The molecule has 0 fully saturated rings. The molecule has 3 aromatic rings. The van der Waals surface area contributed by atoms with Crippen LogP contribution in [0.5, 0.6) is 0 Å². The minimum Gasteiger partial charge on any atom is -0.357 e. The topological polar surface area (TPSA) is 53.7 Å². The highest BCUT2D eigenvalue weighted by molar-refractivity contribution is 9.10. The second kappa shape index (κ2) is 8.80. The van der Waals surface area contributed by atoms with Gasteiger partial charge in [-0.2, -0.15) is 0 Å². The number of rotatable bonds is 6. The summed E-state index contributed by atoms with van der Waals surface area (Å²) in [5.41, 5.74) is 2.74. The van der Waals surface area contributed by atoms with Gasteiger partial charge in [0, 0.05) is 30.0 Å². The Hall–Kier alpha value is -2.41. The fourth-order valence-corrected chi connectivity index (χ4v) is 2.97. The monoisotopic (exact) mass is 417 g/mol. The van der Waals surface area contributed by atoms with Crippen LogP contribution in [0.1, 0.15) is 18.2 Å².